The van der Waals surface area contributed by atoms with Gasteiger partial charge in [-0.3, -0.25) is 9.59 Å². The first-order valence-electron chi connectivity index (χ1n) is 9.39. The molecule has 0 atom stereocenters. The number of methoxy groups -OCH3 is 1. The molecular formula is C22H24N4O3S. The number of nitrogens with zero attached hydrogens (tertiary/aromatic N) is 1. The van der Waals surface area contributed by atoms with Gasteiger partial charge in [0.05, 0.1) is 12.8 Å². The van der Waals surface area contributed by atoms with Crippen LogP contribution in [0.1, 0.15) is 42.4 Å². The zero-order chi connectivity index (χ0) is 21.7. The normalized spacial score (nSPS) is 10.5. The van der Waals surface area contributed by atoms with Crippen LogP contribution in [0.3, 0.4) is 0 Å². The maximum atomic E-state index is 12.5. The fraction of sp³-hybridized carbons (Fsp3) is 0.227. The van der Waals surface area contributed by atoms with Crippen LogP contribution in [-0.2, 0) is 13.1 Å². The van der Waals surface area contributed by atoms with E-state index in [2.05, 4.69) is 15.0 Å². The lowest BCUT2D eigenvalue weighted by molar-refractivity contribution is 0.0946. The number of amides is 2. The molecule has 3 aromatic rings. The Labute approximate surface area is 179 Å². The average molecular weight is 425 g/mol. The highest BCUT2D eigenvalue weighted by Crippen LogP contribution is 2.22. The minimum atomic E-state index is -0.431. The fourth-order valence-electron chi connectivity index (χ4n) is 2.85. The summed E-state index contributed by atoms with van der Waals surface area (Å²) in [6.45, 7) is 4.73. The SMILES string of the molecule is COc1cccc(CNC(=O)c2nsc(C(=O)NCc3ccc(C)c(C)c3)c2N)c1. The molecule has 0 radical (unpaired) electrons. The maximum absolute atomic E-state index is 12.5. The number of benzene rings is 2. The van der Waals surface area contributed by atoms with E-state index in [1.165, 1.54) is 5.56 Å². The van der Waals surface area contributed by atoms with Crippen LogP contribution < -0.4 is 21.1 Å². The van der Waals surface area contributed by atoms with Crippen molar-refractivity contribution in [2.24, 2.45) is 0 Å². The number of carbonyl (C=O) groups excluding carboxylic acids is 2. The van der Waals surface area contributed by atoms with Crippen LogP contribution in [0.5, 0.6) is 5.75 Å². The molecule has 8 heteroatoms. The number of nitrogens with one attached hydrogen (secondary N) is 2. The second-order valence-electron chi connectivity index (χ2n) is 6.91. The van der Waals surface area contributed by atoms with E-state index in [9.17, 15) is 9.59 Å². The predicted molar refractivity (Wildman–Crippen MR) is 118 cm³/mol. The van der Waals surface area contributed by atoms with Crippen molar-refractivity contribution in [1.29, 1.82) is 0 Å². The second-order valence-corrected chi connectivity index (χ2v) is 7.68. The molecule has 2 aromatic carbocycles. The van der Waals surface area contributed by atoms with E-state index in [4.69, 9.17) is 10.5 Å². The van der Waals surface area contributed by atoms with Gasteiger partial charge >= 0.3 is 0 Å². The number of ether oxygens (including phenoxy) is 1. The van der Waals surface area contributed by atoms with Gasteiger partial charge in [0, 0.05) is 13.1 Å². The Kier molecular flexibility index (Phi) is 6.68. The van der Waals surface area contributed by atoms with Gasteiger partial charge in [-0.2, -0.15) is 4.37 Å². The molecule has 2 amide bonds. The number of aryl methyl sites for hydroxylation is 2. The van der Waals surface area contributed by atoms with Crippen molar-refractivity contribution in [3.05, 3.63) is 75.3 Å². The van der Waals surface area contributed by atoms with E-state index in [0.29, 0.717) is 18.8 Å². The lowest BCUT2D eigenvalue weighted by atomic mass is 10.1. The first-order valence-corrected chi connectivity index (χ1v) is 10.2. The van der Waals surface area contributed by atoms with Gasteiger partial charge in [-0.05, 0) is 59.8 Å². The van der Waals surface area contributed by atoms with Crippen LogP contribution in [0.25, 0.3) is 0 Å². The van der Waals surface area contributed by atoms with E-state index in [-0.39, 0.29) is 22.2 Å². The first-order chi connectivity index (χ1) is 14.4. The van der Waals surface area contributed by atoms with Gasteiger partial charge in [-0.1, -0.05) is 30.3 Å². The predicted octanol–water partition coefficient (Wildman–Crippen LogP) is 3.21. The second kappa shape index (κ2) is 9.41. The van der Waals surface area contributed by atoms with Crippen molar-refractivity contribution < 1.29 is 14.3 Å². The Morgan fingerprint density at radius 3 is 2.40 bits per heavy atom. The molecule has 30 heavy (non-hydrogen) atoms. The lowest BCUT2D eigenvalue weighted by Gasteiger charge is -2.07. The highest BCUT2D eigenvalue weighted by molar-refractivity contribution is 7.09. The average Bonchev–Trinajstić information content (AvgIpc) is 3.14. The molecule has 7 nitrogen and oxygen atoms in total. The van der Waals surface area contributed by atoms with Crippen molar-refractivity contribution in [2.45, 2.75) is 26.9 Å². The van der Waals surface area contributed by atoms with Gasteiger partial charge in [0.25, 0.3) is 11.8 Å². The van der Waals surface area contributed by atoms with Gasteiger partial charge in [0.15, 0.2) is 5.69 Å². The molecule has 1 aromatic heterocycles. The number of anilines is 1. The van der Waals surface area contributed by atoms with Crippen molar-refractivity contribution in [3.63, 3.8) is 0 Å². The quantitative estimate of drug-likeness (QED) is 0.540. The first kappa shape index (κ1) is 21.3. The molecule has 0 aliphatic heterocycles. The van der Waals surface area contributed by atoms with E-state index in [1.807, 2.05) is 56.3 Å². The zero-order valence-corrected chi connectivity index (χ0v) is 17.9. The van der Waals surface area contributed by atoms with Gasteiger partial charge in [-0.25, -0.2) is 0 Å². The van der Waals surface area contributed by atoms with Crippen LogP contribution in [0, 0.1) is 13.8 Å². The summed E-state index contributed by atoms with van der Waals surface area (Å²) >= 11 is 0.913. The number of carbonyl (C=O) groups is 2. The van der Waals surface area contributed by atoms with E-state index < -0.39 is 5.91 Å². The Morgan fingerprint density at radius 1 is 1.00 bits per heavy atom. The summed E-state index contributed by atoms with van der Waals surface area (Å²) in [5.74, 6) is -0.0764. The van der Waals surface area contributed by atoms with Crippen LogP contribution in [-0.4, -0.2) is 23.3 Å². The number of rotatable bonds is 7. The van der Waals surface area contributed by atoms with Crippen molar-refractivity contribution in [3.8, 4) is 5.75 Å². The molecule has 0 bridgehead atoms. The molecule has 0 fully saturated rings. The third-order valence-corrected chi connectivity index (χ3v) is 5.62. The van der Waals surface area contributed by atoms with Crippen molar-refractivity contribution >= 4 is 29.0 Å². The minimum absolute atomic E-state index is 0.0548. The smallest absolute Gasteiger partial charge is 0.273 e. The summed E-state index contributed by atoms with van der Waals surface area (Å²) in [7, 11) is 1.58. The molecule has 0 aliphatic carbocycles. The standard InChI is InChI=1S/C22H24N4O3S/c1-13-7-8-16(9-14(13)2)12-25-22(28)20-18(23)19(26-30-20)21(27)24-11-15-5-4-6-17(10-15)29-3/h4-10H,11-12,23H2,1-3H3,(H,24,27)(H,25,28). The summed E-state index contributed by atoms with van der Waals surface area (Å²) in [4.78, 5) is 25.2. The number of hydrogen-bond donors (Lipinski definition) is 3. The third kappa shape index (κ3) is 4.96. The molecule has 4 N–H and O–H groups in total. The fourth-order valence-corrected chi connectivity index (χ4v) is 3.56. The van der Waals surface area contributed by atoms with Gasteiger partial charge in [0.1, 0.15) is 10.6 Å². The monoisotopic (exact) mass is 424 g/mol. The van der Waals surface area contributed by atoms with E-state index in [1.54, 1.807) is 7.11 Å². The molecule has 0 spiro atoms. The Hall–Kier alpha value is -3.39. The highest BCUT2D eigenvalue weighted by Gasteiger charge is 2.22. The molecule has 0 aliphatic rings. The molecule has 156 valence electrons. The van der Waals surface area contributed by atoms with E-state index >= 15 is 0 Å². The topological polar surface area (TPSA) is 106 Å². The Morgan fingerprint density at radius 2 is 1.70 bits per heavy atom. The Bertz CT molecular complexity index is 1080. The van der Waals surface area contributed by atoms with Crippen LogP contribution >= 0.6 is 11.5 Å². The third-order valence-electron chi connectivity index (χ3n) is 4.76. The zero-order valence-electron chi connectivity index (χ0n) is 17.1. The summed E-state index contributed by atoms with van der Waals surface area (Å²) in [5.41, 5.74) is 10.4. The van der Waals surface area contributed by atoms with Crippen molar-refractivity contribution in [2.75, 3.05) is 12.8 Å². The van der Waals surface area contributed by atoms with Crippen molar-refractivity contribution in [1.82, 2.24) is 15.0 Å². The molecule has 0 saturated carbocycles. The molecule has 0 saturated heterocycles. The number of hydrogen-bond acceptors (Lipinski definition) is 6. The number of nitrogens with two attached hydrogens (primary N) is 1. The number of aromatic nitrogens is 1. The lowest BCUT2D eigenvalue weighted by Crippen LogP contribution is -2.25. The highest BCUT2D eigenvalue weighted by atomic mass is 32.1. The number of nitrogen functional groups attached to an aromatic ring is 1. The maximum Gasteiger partial charge on any atom is 0.273 e. The summed E-state index contributed by atoms with van der Waals surface area (Å²) in [6, 6.07) is 13.4. The summed E-state index contributed by atoms with van der Waals surface area (Å²) < 4.78 is 9.26. The van der Waals surface area contributed by atoms with Gasteiger partial charge in [-0.15, -0.1) is 0 Å². The largest absolute Gasteiger partial charge is 0.497 e. The van der Waals surface area contributed by atoms with E-state index in [0.717, 1.165) is 28.2 Å². The van der Waals surface area contributed by atoms with Crippen LogP contribution in [0.15, 0.2) is 42.5 Å². The molecule has 3 rings (SSSR count). The Balaban J connectivity index is 1.61. The van der Waals surface area contributed by atoms with Gasteiger partial charge < -0.3 is 21.1 Å². The van der Waals surface area contributed by atoms with Crippen LogP contribution in [0.4, 0.5) is 5.69 Å². The van der Waals surface area contributed by atoms with Crippen LogP contribution in [0.2, 0.25) is 0 Å². The molecular weight excluding hydrogens is 400 g/mol. The molecule has 1 heterocycles. The molecule has 0 unspecified atom stereocenters. The summed E-state index contributed by atoms with van der Waals surface area (Å²) in [6.07, 6.45) is 0. The minimum Gasteiger partial charge on any atom is -0.497 e. The van der Waals surface area contributed by atoms with Gasteiger partial charge in [0.2, 0.25) is 0 Å². The summed E-state index contributed by atoms with van der Waals surface area (Å²) in [5, 5.41) is 5.60.